The summed E-state index contributed by atoms with van der Waals surface area (Å²) in [5.74, 6) is 1.22. The molecule has 2 atom stereocenters. The van der Waals surface area contributed by atoms with Gasteiger partial charge in [0, 0.05) is 42.2 Å². The summed E-state index contributed by atoms with van der Waals surface area (Å²) in [6, 6.07) is 11.0. The molecule has 0 aliphatic carbocycles. The van der Waals surface area contributed by atoms with E-state index in [9.17, 15) is 9.90 Å². The Morgan fingerprint density at radius 1 is 1.26 bits per heavy atom. The zero-order chi connectivity index (χ0) is 24.7. The summed E-state index contributed by atoms with van der Waals surface area (Å²) in [5.41, 5.74) is 4.44. The van der Waals surface area contributed by atoms with Crippen molar-refractivity contribution in [3.05, 3.63) is 80.9 Å². The number of pyridine rings is 2. The molecule has 0 radical (unpaired) electrons. The first-order valence-electron chi connectivity index (χ1n) is 11.7. The number of aliphatic hydroxyl groups excluding tert-OH is 1. The normalized spacial score (nSPS) is 16.6. The average molecular weight is 491 g/mol. The number of aromatic nitrogens is 2. The van der Waals surface area contributed by atoms with Crippen LogP contribution in [0.5, 0.6) is 0 Å². The molecule has 3 aromatic heterocycles. The summed E-state index contributed by atoms with van der Waals surface area (Å²) in [5, 5.41) is 14.5. The predicted octanol–water partition coefficient (Wildman–Crippen LogP) is 5.26. The van der Waals surface area contributed by atoms with E-state index in [2.05, 4.69) is 15.3 Å². The fourth-order valence-electron chi connectivity index (χ4n) is 4.69. The fourth-order valence-corrected chi connectivity index (χ4v) is 4.83. The summed E-state index contributed by atoms with van der Waals surface area (Å²) in [6.07, 6.45) is 3.69. The maximum absolute atomic E-state index is 13.3. The van der Waals surface area contributed by atoms with Crippen LogP contribution in [0.1, 0.15) is 36.1 Å². The maximum Gasteiger partial charge on any atom is 0.196 e. The smallest absolute Gasteiger partial charge is 0.196 e. The lowest BCUT2D eigenvalue weighted by molar-refractivity contribution is 0.198. The molecule has 4 aromatic rings. The van der Waals surface area contributed by atoms with Crippen molar-refractivity contribution >= 4 is 34.1 Å². The number of aryl methyl sites for hydroxylation is 1. The highest BCUT2D eigenvalue weighted by Crippen LogP contribution is 2.35. The third-order valence-corrected chi connectivity index (χ3v) is 6.67. The van der Waals surface area contributed by atoms with Gasteiger partial charge in [0.05, 0.1) is 23.2 Å². The number of hydrogen-bond acceptors (Lipinski definition) is 7. The van der Waals surface area contributed by atoms with Gasteiger partial charge >= 0.3 is 0 Å². The Morgan fingerprint density at radius 2 is 2.09 bits per heavy atom. The van der Waals surface area contributed by atoms with E-state index >= 15 is 0 Å². The molecule has 2 unspecified atom stereocenters. The van der Waals surface area contributed by atoms with Crippen LogP contribution in [0.2, 0.25) is 5.15 Å². The van der Waals surface area contributed by atoms with Crippen LogP contribution in [0.4, 0.5) is 11.5 Å². The highest BCUT2D eigenvalue weighted by Gasteiger charge is 2.25. The van der Waals surface area contributed by atoms with E-state index < -0.39 is 0 Å². The summed E-state index contributed by atoms with van der Waals surface area (Å²) in [4.78, 5) is 24.1. The highest BCUT2D eigenvalue weighted by atomic mass is 35.5. The fraction of sp³-hybridized carbons (Fsp3) is 0.296. The molecule has 35 heavy (non-hydrogen) atoms. The van der Waals surface area contributed by atoms with Gasteiger partial charge < -0.3 is 19.7 Å². The van der Waals surface area contributed by atoms with E-state index in [1.165, 1.54) is 0 Å². The Hall–Kier alpha value is -3.42. The van der Waals surface area contributed by atoms with Crippen molar-refractivity contribution in [2.24, 2.45) is 0 Å². The molecule has 5 rings (SSSR count). The van der Waals surface area contributed by atoms with Gasteiger partial charge in [0.2, 0.25) is 0 Å². The third-order valence-electron chi connectivity index (χ3n) is 6.46. The molecule has 1 aliphatic heterocycles. The first-order chi connectivity index (χ1) is 16.8. The van der Waals surface area contributed by atoms with E-state index in [1.54, 1.807) is 25.4 Å². The van der Waals surface area contributed by atoms with Gasteiger partial charge in [-0.25, -0.2) is 4.98 Å². The molecular formula is C27H27ClN4O3. The molecule has 1 aromatic carbocycles. The number of aliphatic hydroxyl groups is 1. The number of fused-ring (bicyclic) bond motifs is 1. The van der Waals surface area contributed by atoms with Gasteiger partial charge in [0.15, 0.2) is 11.2 Å². The Balaban J connectivity index is 1.60. The van der Waals surface area contributed by atoms with Crippen molar-refractivity contribution in [3.8, 4) is 11.3 Å². The molecule has 8 heteroatoms. The molecule has 0 bridgehead atoms. The van der Waals surface area contributed by atoms with Crippen molar-refractivity contribution in [1.29, 1.82) is 0 Å². The van der Waals surface area contributed by atoms with Gasteiger partial charge in [-0.3, -0.25) is 9.78 Å². The van der Waals surface area contributed by atoms with Gasteiger partial charge in [-0.1, -0.05) is 17.7 Å². The second kappa shape index (κ2) is 9.32. The molecule has 1 saturated heterocycles. The molecule has 1 aliphatic rings. The number of nitrogens with one attached hydrogen (secondary N) is 1. The van der Waals surface area contributed by atoms with Gasteiger partial charge in [-0.05, 0) is 63.1 Å². The zero-order valence-electron chi connectivity index (χ0n) is 19.9. The van der Waals surface area contributed by atoms with E-state index in [4.69, 9.17) is 16.0 Å². The van der Waals surface area contributed by atoms with Crippen LogP contribution < -0.4 is 15.6 Å². The van der Waals surface area contributed by atoms with Crippen LogP contribution in [-0.2, 0) is 0 Å². The largest absolute Gasteiger partial charge is 0.455 e. The van der Waals surface area contributed by atoms with Crippen molar-refractivity contribution < 1.29 is 9.52 Å². The van der Waals surface area contributed by atoms with E-state index in [0.29, 0.717) is 52.8 Å². The third kappa shape index (κ3) is 4.49. The standard InChI is InChI=1S/C27H27ClN4O3/c1-15-11-20(17(3)30-22-6-7-23(28)31-27(22)32-10-8-19(33)14-32)26-21(12-15)24(34)16(2)25(35-26)18-5-4-9-29-13-18/h4-7,9,11-13,17,19,30,33H,8,10,14H2,1-3H3. The number of anilines is 2. The minimum absolute atomic E-state index is 0.0536. The second-order valence-corrected chi connectivity index (χ2v) is 9.50. The Morgan fingerprint density at radius 3 is 2.80 bits per heavy atom. The van der Waals surface area contributed by atoms with Crippen LogP contribution in [0.15, 0.2) is 58.0 Å². The maximum atomic E-state index is 13.3. The number of hydrogen-bond donors (Lipinski definition) is 2. The Labute approximate surface area is 208 Å². The van der Waals surface area contributed by atoms with Crippen LogP contribution in [0.3, 0.4) is 0 Å². The average Bonchev–Trinajstić information content (AvgIpc) is 3.29. The van der Waals surface area contributed by atoms with Gasteiger partial charge in [0.1, 0.15) is 16.5 Å². The molecule has 7 nitrogen and oxygen atoms in total. The first-order valence-corrected chi connectivity index (χ1v) is 12.0. The Bertz CT molecular complexity index is 1450. The van der Waals surface area contributed by atoms with Gasteiger partial charge in [-0.15, -0.1) is 0 Å². The van der Waals surface area contributed by atoms with E-state index in [1.807, 2.05) is 49.1 Å². The monoisotopic (exact) mass is 490 g/mol. The van der Waals surface area contributed by atoms with Crippen molar-refractivity contribution in [2.45, 2.75) is 39.3 Å². The van der Waals surface area contributed by atoms with E-state index in [-0.39, 0.29) is 17.6 Å². The second-order valence-electron chi connectivity index (χ2n) is 9.12. The lowest BCUT2D eigenvalue weighted by atomic mass is 9.99. The van der Waals surface area contributed by atoms with Gasteiger partial charge in [-0.2, -0.15) is 0 Å². The summed E-state index contributed by atoms with van der Waals surface area (Å²) in [7, 11) is 0. The lowest BCUT2D eigenvalue weighted by Gasteiger charge is -2.24. The minimum atomic E-state index is -0.384. The molecule has 0 amide bonds. The van der Waals surface area contributed by atoms with Crippen molar-refractivity contribution in [3.63, 3.8) is 0 Å². The van der Waals surface area contributed by atoms with Crippen LogP contribution in [-0.4, -0.2) is 34.3 Å². The first kappa shape index (κ1) is 23.3. The number of rotatable bonds is 5. The van der Waals surface area contributed by atoms with Crippen molar-refractivity contribution in [1.82, 2.24) is 9.97 Å². The summed E-state index contributed by atoms with van der Waals surface area (Å²) in [6.45, 7) is 6.99. The van der Waals surface area contributed by atoms with Crippen molar-refractivity contribution in [2.75, 3.05) is 23.3 Å². The molecule has 4 heterocycles. The molecule has 0 saturated carbocycles. The number of nitrogens with zero attached hydrogens (tertiary/aromatic N) is 3. The summed E-state index contributed by atoms with van der Waals surface area (Å²) >= 11 is 6.21. The van der Waals surface area contributed by atoms with Crippen LogP contribution >= 0.6 is 11.6 Å². The van der Waals surface area contributed by atoms with Crippen LogP contribution in [0.25, 0.3) is 22.3 Å². The van der Waals surface area contributed by atoms with Gasteiger partial charge in [0.25, 0.3) is 0 Å². The zero-order valence-corrected chi connectivity index (χ0v) is 20.6. The summed E-state index contributed by atoms with van der Waals surface area (Å²) < 4.78 is 6.41. The lowest BCUT2D eigenvalue weighted by Crippen LogP contribution is -2.24. The molecule has 0 spiro atoms. The molecular weight excluding hydrogens is 464 g/mol. The van der Waals surface area contributed by atoms with Crippen LogP contribution in [0, 0.1) is 13.8 Å². The molecule has 2 N–H and O–H groups in total. The highest BCUT2D eigenvalue weighted by molar-refractivity contribution is 6.29. The van der Waals surface area contributed by atoms with E-state index in [0.717, 1.165) is 22.4 Å². The molecule has 1 fully saturated rings. The predicted molar refractivity (Wildman–Crippen MR) is 139 cm³/mol. The minimum Gasteiger partial charge on any atom is -0.455 e. The number of β-amino-alcohol motifs (C(OH)–C–C–N with tert-alkyl or cyclic N) is 1. The number of benzene rings is 1. The quantitative estimate of drug-likeness (QED) is 0.368. The SMILES string of the molecule is Cc1cc(C(C)Nc2ccc(Cl)nc2N2CCC(O)C2)c2oc(-c3cccnc3)c(C)c(=O)c2c1. The molecule has 180 valence electrons. The number of halogens is 1. The Kier molecular flexibility index (Phi) is 6.21. The topological polar surface area (TPSA) is 91.5 Å².